The Labute approximate surface area is 105 Å². The van der Waals surface area contributed by atoms with Crippen LogP contribution in [-0.4, -0.2) is 31.3 Å². The average Bonchev–Trinajstić information content (AvgIpc) is 2.06. The van der Waals surface area contributed by atoms with Crippen molar-refractivity contribution in [2.75, 3.05) is 19.6 Å². The van der Waals surface area contributed by atoms with Gasteiger partial charge in [0.05, 0.1) is 0 Å². The van der Waals surface area contributed by atoms with E-state index in [9.17, 15) is 4.79 Å². The second-order valence-corrected chi connectivity index (χ2v) is 6.49. The van der Waals surface area contributed by atoms with Gasteiger partial charge in [0, 0.05) is 13.1 Å². The number of hydrogen-bond donors (Lipinski definition) is 2. The van der Waals surface area contributed by atoms with Gasteiger partial charge in [0.25, 0.3) is 0 Å². The highest BCUT2D eigenvalue weighted by atomic mass is 16.6. The van der Waals surface area contributed by atoms with Gasteiger partial charge in [0.15, 0.2) is 0 Å². The SMILES string of the molecule is CC(C)(C)CCNCCNC(=O)OC(C)(C)C. The molecule has 4 nitrogen and oxygen atoms in total. The van der Waals surface area contributed by atoms with Crippen LogP contribution in [0.25, 0.3) is 0 Å². The van der Waals surface area contributed by atoms with E-state index in [-0.39, 0.29) is 6.09 Å². The zero-order valence-corrected chi connectivity index (χ0v) is 12.1. The molecule has 0 aromatic carbocycles. The summed E-state index contributed by atoms with van der Waals surface area (Å²) in [5.41, 5.74) is -0.0741. The number of amides is 1. The van der Waals surface area contributed by atoms with E-state index < -0.39 is 5.60 Å². The monoisotopic (exact) mass is 244 g/mol. The molecule has 0 aliphatic heterocycles. The van der Waals surface area contributed by atoms with Crippen molar-refractivity contribution in [2.45, 2.75) is 53.6 Å². The van der Waals surface area contributed by atoms with Gasteiger partial charge in [-0.15, -0.1) is 0 Å². The van der Waals surface area contributed by atoms with Crippen LogP contribution < -0.4 is 10.6 Å². The molecule has 0 saturated heterocycles. The summed E-state index contributed by atoms with van der Waals surface area (Å²) >= 11 is 0. The predicted octanol–water partition coefficient (Wildman–Crippen LogP) is 2.54. The smallest absolute Gasteiger partial charge is 0.407 e. The molecule has 0 aliphatic rings. The van der Waals surface area contributed by atoms with Gasteiger partial charge in [-0.3, -0.25) is 0 Å². The van der Waals surface area contributed by atoms with Crippen molar-refractivity contribution in [1.29, 1.82) is 0 Å². The van der Waals surface area contributed by atoms with Crippen LogP contribution in [0.15, 0.2) is 0 Å². The molecule has 0 rings (SSSR count). The first kappa shape index (κ1) is 16.2. The first-order valence-corrected chi connectivity index (χ1v) is 6.28. The normalized spacial score (nSPS) is 12.4. The first-order chi connectivity index (χ1) is 7.60. The fraction of sp³-hybridized carbons (Fsp3) is 0.923. The lowest BCUT2D eigenvalue weighted by atomic mass is 9.92. The minimum Gasteiger partial charge on any atom is -0.444 e. The van der Waals surface area contributed by atoms with E-state index in [2.05, 4.69) is 31.4 Å². The largest absolute Gasteiger partial charge is 0.444 e. The number of hydrogen-bond acceptors (Lipinski definition) is 3. The van der Waals surface area contributed by atoms with Crippen LogP contribution in [0.1, 0.15) is 48.0 Å². The highest BCUT2D eigenvalue weighted by Crippen LogP contribution is 2.16. The van der Waals surface area contributed by atoms with Crippen molar-refractivity contribution in [3.8, 4) is 0 Å². The predicted molar refractivity (Wildman–Crippen MR) is 71.2 cm³/mol. The summed E-state index contributed by atoms with van der Waals surface area (Å²) in [5.74, 6) is 0. The van der Waals surface area contributed by atoms with Crippen molar-refractivity contribution >= 4 is 6.09 Å². The standard InChI is InChI=1S/C13H28N2O2/c1-12(2,3)7-8-14-9-10-15-11(16)17-13(4,5)6/h14H,7-10H2,1-6H3,(H,15,16). The molecule has 102 valence electrons. The fourth-order valence-electron chi connectivity index (χ4n) is 1.16. The Balaban J connectivity index is 3.44. The Bertz CT molecular complexity index is 227. The Morgan fingerprint density at radius 1 is 1.00 bits per heavy atom. The summed E-state index contributed by atoms with van der Waals surface area (Å²) in [7, 11) is 0. The molecule has 0 atom stereocenters. The van der Waals surface area contributed by atoms with Crippen molar-refractivity contribution < 1.29 is 9.53 Å². The zero-order valence-electron chi connectivity index (χ0n) is 12.1. The van der Waals surface area contributed by atoms with E-state index >= 15 is 0 Å². The zero-order chi connectivity index (χ0) is 13.5. The second-order valence-electron chi connectivity index (χ2n) is 6.49. The summed E-state index contributed by atoms with van der Waals surface area (Å²) < 4.78 is 5.12. The van der Waals surface area contributed by atoms with Crippen molar-refractivity contribution in [3.05, 3.63) is 0 Å². The van der Waals surface area contributed by atoms with Gasteiger partial charge in [-0.2, -0.15) is 0 Å². The van der Waals surface area contributed by atoms with Gasteiger partial charge in [-0.1, -0.05) is 20.8 Å². The molecule has 0 spiro atoms. The molecule has 0 radical (unpaired) electrons. The number of alkyl carbamates (subject to hydrolysis) is 1. The molecule has 0 heterocycles. The molecule has 2 N–H and O–H groups in total. The molecule has 0 fully saturated rings. The Morgan fingerprint density at radius 2 is 1.59 bits per heavy atom. The molecule has 0 aliphatic carbocycles. The van der Waals surface area contributed by atoms with Gasteiger partial charge in [0.1, 0.15) is 5.60 Å². The molecule has 0 aromatic heterocycles. The minimum atomic E-state index is -0.427. The Morgan fingerprint density at radius 3 is 2.06 bits per heavy atom. The van der Waals surface area contributed by atoms with Crippen LogP contribution in [0.2, 0.25) is 0 Å². The van der Waals surface area contributed by atoms with Gasteiger partial charge in [-0.25, -0.2) is 4.79 Å². The first-order valence-electron chi connectivity index (χ1n) is 6.28. The van der Waals surface area contributed by atoms with Crippen LogP contribution in [0.4, 0.5) is 4.79 Å². The van der Waals surface area contributed by atoms with E-state index in [4.69, 9.17) is 4.74 Å². The molecule has 0 aromatic rings. The maximum atomic E-state index is 11.3. The van der Waals surface area contributed by atoms with Gasteiger partial charge in [0.2, 0.25) is 0 Å². The number of carbonyl (C=O) groups is 1. The Hall–Kier alpha value is -0.770. The molecule has 0 bridgehead atoms. The van der Waals surface area contributed by atoms with E-state index in [1.807, 2.05) is 20.8 Å². The number of ether oxygens (including phenoxy) is 1. The highest BCUT2D eigenvalue weighted by molar-refractivity contribution is 5.67. The number of rotatable bonds is 5. The van der Waals surface area contributed by atoms with Crippen LogP contribution >= 0.6 is 0 Å². The second kappa shape index (κ2) is 6.84. The van der Waals surface area contributed by atoms with Crippen LogP contribution in [0, 0.1) is 5.41 Å². The van der Waals surface area contributed by atoms with Crippen LogP contribution in [-0.2, 0) is 4.74 Å². The number of nitrogens with one attached hydrogen (secondary N) is 2. The van der Waals surface area contributed by atoms with Gasteiger partial charge < -0.3 is 15.4 Å². The van der Waals surface area contributed by atoms with Gasteiger partial charge in [-0.05, 0) is 39.2 Å². The quantitative estimate of drug-likeness (QED) is 0.731. The van der Waals surface area contributed by atoms with E-state index in [0.29, 0.717) is 12.0 Å². The third kappa shape index (κ3) is 13.2. The molecule has 0 unspecified atom stereocenters. The van der Waals surface area contributed by atoms with Gasteiger partial charge >= 0.3 is 6.09 Å². The fourth-order valence-corrected chi connectivity index (χ4v) is 1.16. The molecule has 0 saturated carbocycles. The summed E-state index contributed by atoms with van der Waals surface area (Å²) in [6.45, 7) is 14.6. The topological polar surface area (TPSA) is 50.4 Å². The summed E-state index contributed by atoms with van der Waals surface area (Å²) in [5, 5.41) is 6.00. The molecule has 4 heteroatoms. The van der Waals surface area contributed by atoms with Crippen molar-refractivity contribution in [3.63, 3.8) is 0 Å². The molecular weight excluding hydrogens is 216 g/mol. The summed E-state index contributed by atoms with van der Waals surface area (Å²) in [6, 6.07) is 0. The third-order valence-corrected chi connectivity index (χ3v) is 2.02. The highest BCUT2D eigenvalue weighted by Gasteiger charge is 2.15. The lowest BCUT2D eigenvalue weighted by Crippen LogP contribution is -2.36. The molecule has 1 amide bonds. The average molecular weight is 244 g/mol. The third-order valence-electron chi connectivity index (χ3n) is 2.02. The molecular formula is C13H28N2O2. The van der Waals surface area contributed by atoms with Crippen molar-refractivity contribution in [2.24, 2.45) is 5.41 Å². The summed E-state index contributed by atoms with van der Waals surface area (Å²) in [4.78, 5) is 11.3. The molecule has 17 heavy (non-hydrogen) atoms. The van der Waals surface area contributed by atoms with E-state index in [1.54, 1.807) is 0 Å². The summed E-state index contributed by atoms with van der Waals surface area (Å²) in [6.07, 6.45) is 0.773. The van der Waals surface area contributed by atoms with E-state index in [1.165, 1.54) is 0 Å². The maximum Gasteiger partial charge on any atom is 0.407 e. The number of carbonyl (C=O) groups excluding carboxylic acids is 1. The lowest BCUT2D eigenvalue weighted by molar-refractivity contribution is 0.0528. The van der Waals surface area contributed by atoms with Crippen LogP contribution in [0.3, 0.4) is 0 Å². The minimum absolute atomic E-state index is 0.352. The Kier molecular flexibility index (Phi) is 6.53. The van der Waals surface area contributed by atoms with Crippen molar-refractivity contribution in [1.82, 2.24) is 10.6 Å². The van der Waals surface area contributed by atoms with Crippen LogP contribution in [0.5, 0.6) is 0 Å². The lowest BCUT2D eigenvalue weighted by Gasteiger charge is -2.20. The van der Waals surface area contributed by atoms with E-state index in [0.717, 1.165) is 19.5 Å². The maximum absolute atomic E-state index is 11.3.